The molecule has 1 aliphatic heterocycles. The minimum Gasteiger partial charge on any atom is -0.497 e. The number of hydrogen-bond donors (Lipinski definition) is 1. The van der Waals surface area contributed by atoms with Crippen molar-refractivity contribution in [2.75, 3.05) is 26.7 Å². The van der Waals surface area contributed by atoms with Crippen molar-refractivity contribution in [3.8, 4) is 17.6 Å². The van der Waals surface area contributed by atoms with E-state index in [1.165, 1.54) is 0 Å². The van der Waals surface area contributed by atoms with Crippen molar-refractivity contribution in [1.29, 1.82) is 0 Å². The van der Waals surface area contributed by atoms with E-state index in [-0.39, 0.29) is 0 Å². The molecule has 0 unspecified atom stereocenters. The summed E-state index contributed by atoms with van der Waals surface area (Å²) in [5.74, 6) is 8.53. The first-order chi connectivity index (χ1) is 10.8. The van der Waals surface area contributed by atoms with Crippen molar-refractivity contribution < 1.29 is 4.74 Å². The molecule has 0 aliphatic carbocycles. The standard InChI is InChI=1S/C16H19N5O/c1-22-15-6-2-4-13(12-15)5-3-9-21-10-7-14(8-11-21)16-17-19-20-18-16/h2,4,6,12,14H,7-11H2,1H3,(H,17,18,19,20). The zero-order valence-corrected chi connectivity index (χ0v) is 12.6. The largest absolute Gasteiger partial charge is 0.497 e. The molecule has 0 radical (unpaired) electrons. The maximum absolute atomic E-state index is 5.20. The highest BCUT2D eigenvalue weighted by Gasteiger charge is 2.22. The van der Waals surface area contributed by atoms with Gasteiger partial charge in [-0.3, -0.25) is 4.90 Å². The lowest BCUT2D eigenvalue weighted by Gasteiger charge is -2.28. The summed E-state index contributed by atoms with van der Waals surface area (Å²) in [6, 6.07) is 7.83. The van der Waals surface area contributed by atoms with Crippen LogP contribution in [-0.4, -0.2) is 52.3 Å². The van der Waals surface area contributed by atoms with Gasteiger partial charge in [-0.15, -0.1) is 10.2 Å². The number of likely N-dealkylation sites (tertiary alicyclic amines) is 1. The third-order valence-electron chi connectivity index (χ3n) is 3.92. The maximum Gasteiger partial charge on any atom is 0.177 e. The summed E-state index contributed by atoms with van der Waals surface area (Å²) in [7, 11) is 1.67. The summed E-state index contributed by atoms with van der Waals surface area (Å²) in [6.07, 6.45) is 2.11. The van der Waals surface area contributed by atoms with E-state index < -0.39 is 0 Å². The lowest BCUT2D eigenvalue weighted by molar-refractivity contribution is 0.232. The Morgan fingerprint density at radius 2 is 2.23 bits per heavy atom. The van der Waals surface area contributed by atoms with Gasteiger partial charge in [0.15, 0.2) is 5.82 Å². The molecule has 6 heteroatoms. The molecule has 3 rings (SSSR count). The van der Waals surface area contributed by atoms with Gasteiger partial charge in [0, 0.05) is 11.5 Å². The molecule has 1 aliphatic rings. The van der Waals surface area contributed by atoms with Gasteiger partial charge in [0.25, 0.3) is 0 Å². The van der Waals surface area contributed by atoms with Crippen LogP contribution in [0.4, 0.5) is 0 Å². The van der Waals surface area contributed by atoms with Crippen LogP contribution in [0.2, 0.25) is 0 Å². The van der Waals surface area contributed by atoms with Crippen LogP contribution < -0.4 is 4.74 Å². The van der Waals surface area contributed by atoms with E-state index in [0.29, 0.717) is 5.92 Å². The SMILES string of the molecule is COc1cccc(C#CCN2CCC(c3nn[nH]n3)CC2)c1. The molecule has 1 aromatic heterocycles. The van der Waals surface area contributed by atoms with Gasteiger partial charge >= 0.3 is 0 Å². The zero-order valence-electron chi connectivity index (χ0n) is 12.6. The molecule has 22 heavy (non-hydrogen) atoms. The number of aromatic amines is 1. The van der Waals surface area contributed by atoms with Crippen molar-refractivity contribution in [3.05, 3.63) is 35.7 Å². The molecular weight excluding hydrogens is 278 g/mol. The summed E-state index contributed by atoms with van der Waals surface area (Å²) in [5, 5.41) is 14.3. The first-order valence-corrected chi connectivity index (χ1v) is 7.44. The average Bonchev–Trinajstić information content (AvgIpc) is 3.10. The summed E-state index contributed by atoms with van der Waals surface area (Å²) in [6.45, 7) is 2.83. The molecule has 2 aromatic rings. The number of nitrogens with one attached hydrogen (secondary N) is 1. The second-order valence-corrected chi connectivity index (χ2v) is 5.35. The summed E-state index contributed by atoms with van der Waals surface area (Å²) >= 11 is 0. The maximum atomic E-state index is 5.20. The Morgan fingerprint density at radius 1 is 1.36 bits per heavy atom. The van der Waals surface area contributed by atoms with Crippen LogP contribution in [0.15, 0.2) is 24.3 Å². The highest BCUT2D eigenvalue weighted by Crippen LogP contribution is 2.24. The monoisotopic (exact) mass is 297 g/mol. The number of rotatable bonds is 3. The lowest BCUT2D eigenvalue weighted by atomic mass is 9.96. The molecule has 0 spiro atoms. The first-order valence-electron chi connectivity index (χ1n) is 7.44. The molecule has 0 atom stereocenters. The molecule has 114 valence electrons. The number of H-pyrrole nitrogens is 1. The van der Waals surface area contributed by atoms with E-state index in [1.54, 1.807) is 7.11 Å². The van der Waals surface area contributed by atoms with Crippen molar-refractivity contribution >= 4 is 0 Å². The van der Waals surface area contributed by atoms with Gasteiger partial charge in [-0.2, -0.15) is 5.21 Å². The highest BCUT2D eigenvalue weighted by molar-refractivity contribution is 5.39. The molecule has 0 amide bonds. The number of ether oxygens (including phenoxy) is 1. The normalized spacial score (nSPS) is 16.0. The van der Waals surface area contributed by atoms with E-state index in [2.05, 4.69) is 37.4 Å². The number of tetrazole rings is 1. The quantitative estimate of drug-likeness (QED) is 0.868. The number of hydrogen-bond acceptors (Lipinski definition) is 5. The Kier molecular flexibility index (Phi) is 4.66. The number of benzene rings is 1. The lowest BCUT2D eigenvalue weighted by Crippen LogP contribution is -2.33. The predicted octanol–water partition coefficient (Wildman–Crippen LogP) is 1.44. The highest BCUT2D eigenvalue weighted by atomic mass is 16.5. The van der Waals surface area contributed by atoms with Gasteiger partial charge in [0.05, 0.1) is 13.7 Å². The van der Waals surface area contributed by atoms with Crippen molar-refractivity contribution in [2.24, 2.45) is 0 Å². The molecule has 1 fully saturated rings. The minimum atomic E-state index is 0.418. The van der Waals surface area contributed by atoms with Gasteiger partial charge in [-0.25, -0.2) is 0 Å². The van der Waals surface area contributed by atoms with Crippen molar-refractivity contribution in [2.45, 2.75) is 18.8 Å². The minimum absolute atomic E-state index is 0.418. The Hall–Kier alpha value is -2.39. The fraction of sp³-hybridized carbons (Fsp3) is 0.438. The van der Waals surface area contributed by atoms with Crippen molar-refractivity contribution in [1.82, 2.24) is 25.5 Å². The average molecular weight is 297 g/mol. The van der Waals surface area contributed by atoms with Crippen LogP contribution in [0.3, 0.4) is 0 Å². The molecule has 1 saturated heterocycles. The fourth-order valence-electron chi connectivity index (χ4n) is 2.65. The molecule has 6 nitrogen and oxygen atoms in total. The Morgan fingerprint density at radius 3 is 2.95 bits per heavy atom. The predicted molar refractivity (Wildman–Crippen MR) is 82.5 cm³/mol. The van der Waals surface area contributed by atoms with E-state index >= 15 is 0 Å². The number of methoxy groups -OCH3 is 1. The van der Waals surface area contributed by atoms with Gasteiger partial charge in [0.1, 0.15) is 5.75 Å². The second-order valence-electron chi connectivity index (χ2n) is 5.35. The van der Waals surface area contributed by atoms with Crippen LogP contribution in [0.25, 0.3) is 0 Å². The Labute approximate surface area is 129 Å². The van der Waals surface area contributed by atoms with Gasteiger partial charge in [-0.1, -0.05) is 23.1 Å². The Balaban J connectivity index is 1.50. The van der Waals surface area contributed by atoms with E-state index in [1.807, 2.05) is 24.3 Å². The van der Waals surface area contributed by atoms with Gasteiger partial charge in [-0.05, 0) is 44.1 Å². The van der Waals surface area contributed by atoms with E-state index in [9.17, 15) is 0 Å². The van der Waals surface area contributed by atoms with Crippen molar-refractivity contribution in [3.63, 3.8) is 0 Å². The third-order valence-corrected chi connectivity index (χ3v) is 3.92. The zero-order chi connectivity index (χ0) is 15.2. The Bertz CT molecular complexity index is 651. The van der Waals surface area contributed by atoms with Crippen LogP contribution in [0, 0.1) is 11.8 Å². The molecule has 0 bridgehead atoms. The van der Waals surface area contributed by atoms with E-state index in [0.717, 1.165) is 49.6 Å². The molecule has 0 saturated carbocycles. The van der Waals surface area contributed by atoms with Gasteiger partial charge < -0.3 is 4.74 Å². The smallest absolute Gasteiger partial charge is 0.177 e. The molecule has 1 N–H and O–H groups in total. The van der Waals surface area contributed by atoms with Crippen LogP contribution in [0.1, 0.15) is 30.1 Å². The molecule has 1 aromatic carbocycles. The molecular formula is C16H19N5O. The topological polar surface area (TPSA) is 66.9 Å². The molecule has 2 heterocycles. The van der Waals surface area contributed by atoms with Crippen LogP contribution in [0.5, 0.6) is 5.75 Å². The summed E-state index contributed by atoms with van der Waals surface area (Å²) in [5.41, 5.74) is 0.987. The third kappa shape index (κ3) is 3.62. The van der Waals surface area contributed by atoms with Gasteiger partial charge in [0.2, 0.25) is 0 Å². The number of aromatic nitrogens is 4. The number of piperidine rings is 1. The second kappa shape index (κ2) is 7.05. The van der Waals surface area contributed by atoms with Crippen LogP contribution in [-0.2, 0) is 0 Å². The first kappa shape index (κ1) is 14.5. The van der Waals surface area contributed by atoms with Crippen LogP contribution >= 0.6 is 0 Å². The summed E-state index contributed by atoms with van der Waals surface area (Å²) < 4.78 is 5.20. The number of nitrogens with zero attached hydrogens (tertiary/aromatic N) is 4. The summed E-state index contributed by atoms with van der Waals surface area (Å²) in [4.78, 5) is 2.36. The van der Waals surface area contributed by atoms with E-state index in [4.69, 9.17) is 4.74 Å². The fourth-order valence-corrected chi connectivity index (χ4v) is 2.65.